The molecular formula is C17H23N3O2. The quantitative estimate of drug-likeness (QED) is 0.885. The number of carbonyl (C=O) groups excluding carboxylic acids is 2. The van der Waals surface area contributed by atoms with Crippen molar-refractivity contribution in [1.82, 2.24) is 10.2 Å². The molecule has 2 aliphatic rings. The number of nitrogens with zero attached hydrogens (tertiary/aromatic N) is 1. The van der Waals surface area contributed by atoms with Gasteiger partial charge in [-0.2, -0.15) is 0 Å². The first kappa shape index (κ1) is 15.0. The van der Waals surface area contributed by atoms with Gasteiger partial charge in [-0.05, 0) is 24.8 Å². The van der Waals surface area contributed by atoms with Gasteiger partial charge < -0.3 is 11.1 Å². The van der Waals surface area contributed by atoms with E-state index in [0.29, 0.717) is 6.42 Å². The molecule has 3 rings (SSSR count). The van der Waals surface area contributed by atoms with Crippen LogP contribution in [0, 0.1) is 0 Å². The summed E-state index contributed by atoms with van der Waals surface area (Å²) in [6.07, 6.45) is 4.38. The molecule has 2 fully saturated rings. The summed E-state index contributed by atoms with van der Waals surface area (Å²) in [7, 11) is 0. The molecule has 1 aromatic carbocycles. The Hall–Kier alpha value is -1.88. The molecule has 2 saturated heterocycles. The Balaban J connectivity index is 1.88. The van der Waals surface area contributed by atoms with E-state index in [4.69, 9.17) is 5.73 Å². The second-order valence-electron chi connectivity index (χ2n) is 6.29. The van der Waals surface area contributed by atoms with E-state index in [-0.39, 0.29) is 36.5 Å². The molecule has 0 aromatic heterocycles. The zero-order valence-corrected chi connectivity index (χ0v) is 12.7. The Kier molecular flexibility index (Phi) is 4.43. The Bertz CT molecular complexity index is 546. The summed E-state index contributed by atoms with van der Waals surface area (Å²) in [6, 6.07) is 10.6. The van der Waals surface area contributed by atoms with Crippen LogP contribution in [0.1, 0.15) is 43.7 Å². The first-order chi connectivity index (χ1) is 10.6. The average molecular weight is 301 g/mol. The highest BCUT2D eigenvalue weighted by atomic mass is 16.2. The highest BCUT2D eigenvalue weighted by Crippen LogP contribution is 2.38. The van der Waals surface area contributed by atoms with Crippen molar-refractivity contribution in [3.8, 4) is 0 Å². The molecule has 2 aliphatic heterocycles. The van der Waals surface area contributed by atoms with Gasteiger partial charge in [0.2, 0.25) is 11.8 Å². The molecule has 0 unspecified atom stereocenters. The first-order valence-corrected chi connectivity index (χ1v) is 8.03. The third kappa shape index (κ3) is 3.14. The molecule has 5 nitrogen and oxygen atoms in total. The fraction of sp³-hybridized carbons (Fsp3) is 0.529. The van der Waals surface area contributed by atoms with Crippen molar-refractivity contribution in [2.45, 2.75) is 50.2 Å². The Morgan fingerprint density at radius 3 is 2.77 bits per heavy atom. The molecule has 3 atom stereocenters. The largest absolute Gasteiger partial charge is 0.369 e. The number of primary amides is 1. The van der Waals surface area contributed by atoms with Crippen molar-refractivity contribution in [1.29, 1.82) is 0 Å². The maximum atomic E-state index is 11.9. The number of hydrogen-bond acceptors (Lipinski definition) is 3. The third-order valence-electron chi connectivity index (χ3n) is 4.79. The van der Waals surface area contributed by atoms with Crippen molar-refractivity contribution in [3.05, 3.63) is 35.9 Å². The molecule has 0 spiro atoms. The lowest BCUT2D eigenvalue weighted by atomic mass is 9.97. The zero-order valence-electron chi connectivity index (χ0n) is 12.7. The van der Waals surface area contributed by atoms with Gasteiger partial charge in [0.15, 0.2) is 0 Å². The van der Waals surface area contributed by atoms with Gasteiger partial charge in [0, 0.05) is 24.5 Å². The van der Waals surface area contributed by atoms with Crippen molar-refractivity contribution in [2.75, 3.05) is 6.54 Å². The molecule has 5 heteroatoms. The maximum Gasteiger partial charge on any atom is 0.231 e. The Morgan fingerprint density at radius 1 is 1.27 bits per heavy atom. The Labute approximate surface area is 130 Å². The molecule has 1 aromatic rings. The number of hydrogen-bond donors (Lipinski definition) is 2. The van der Waals surface area contributed by atoms with Gasteiger partial charge in [0.1, 0.15) is 0 Å². The van der Waals surface area contributed by atoms with Crippen LogP contribution in [-0.4, -0.2) is 35.3 Å². The minimum absolute atomic E-state index is 0.109. The van der Waals surface area contributed by atoms with Crippen LogP contribution in [0.2, 0.25) is 0 Å². The summed E-state index contributed by atoms with van der Waals surface area (Å²) >= 11 is 0. The van der Waals surface area contributed by atoms with Gasteiger partial charge in [-0.15, -0.1) is 0 Å². The maximum absolute atomic E-state index is 11.9. The van der Waals surface area contributed by atoms with Crippen LogP contribution in [0.5, 0.6) is 0 Å². The van der Waals surface area contributed by atoms with Crippen LogP contribution in [0.4, 0.5) is 0 Å². The van der Waals surface area contributed by atoms with Crippen molar-refractivity contribution in [2.24, 2.45) is 5.73 Å². The lowest BCUT2D eigenvalue weighted by molar-refractivity contribution is -0.122. The van der Waals surface area contributed by atoms with Crippen LogP contribution in [-0.2, 0) is 9.59 Å². The van der Waals surface area contributed by atoms with E-state index in [1.165, 1.54) is 5.56 Å². The number of nitrogens with two attached hydrogens (primary N) is 1. The number of fused-ring (bicyclic) bond motifs is 1. The first-order valence-electron chi connectivity index (χ1n) is 8.03. The molecule has 2 amide bonds. The summed E-state index contributed by atoms with van der Waals surface area (Å²) in [5.41, 5.74) is 6.65. The molecule has 22 heavy (non-hydrogen) atoms. The average Bonchev–Trinajstić information content (AvgIpc) is 2.79. The van der Waals surface area contributed by atoms with E-state index in [9.17, 15) is 9.59 Å². The number of benzene rings is 1. The second-order valence-corrected chi connectivity index (χ2v) is 6.29. The standard InChI is InChI=1S/C17H23N3O2/c18-16(21)11-20-14-8-4-5-9-17(22)19-13(14)10-15(20)12-6-2-1-3-7-12/h1-3,6-7,13-15H,4-5,8-11H2,(H2,18,21)(H,19,22)/t13-,14+,15+/m1/s1. The number of carbonyl (C=O) groups is 2. The molecule has 0 aliphatic carbocycles. The fourth-order valence-electron chi connectivity index (χ4n) is 3.85. The van der Waals surface area contributed by atoms with Crippen LogP contribution in [0.3, 0.4) is 0 Å². The number of amides is 2. The van der Waals surface area contributed by atoms with Gasteiger partial charge in [-0.1, -0.05) is 36.8 Å². The molecule has 3 N–H and O–H groups in total. The van der Waals surface area contributed by atoms with Crippen molar-refractivity contribution in [3.63, 3.8) is 0 Å². The number of likely N-dealkylation sites (tertiary alicyclic amines) is 1. The minimum atomic E-state index is -0.310. The molecule has 118 valence electrons. The molecule has 0 saturated carbocycles. The van der Waals surface area contributed by atoms with Gasteiger partial charge in [0.25, 0.3) is 0 Å². The van der Waals surface area contributed by atoms with E-state index < -0.39 is 0 Å². The Morgan fingerprint density at radius 2 is 2.05 bits per heavy atom. The van der Waals surface area contributed by atoms with Crippen molar-refractivity contribution < 1.29 is 9.59 Å². The summed E-state index contributed by atoms with van der Waals surface area (Å²) in [6.45, 7) is 0.247. The highest BCUT2D eigenvalue weighted by molar-refractivity contribution is 5.77. The van der Waals surface area contributed by atoms with Crippen LogP contribution >= 0.6 is 0 Å². The monoisotopic (exact) mass is 301 g/mol. The van der Waals surface area contributed by atoms with E-state index in [1.54, 1.807) is 0 Å². The summed E-state index contributed by atoms with van der Waals surface area (Å²) in [5, 5.41) is 3.15. The molecule has 0 bridgehead atoms. The summed E-state index contributed by atoms with van der Waals surface area (Å²) in [5.74, 6) is -0.183. The van der Waals surface area contributed by atoms with Gasteiger partial charge >= 0.3 is 0 Å². The topological polar surface area (TPSA) is 75.4 Å². The van der Waals surface area contributed by atoms with Crippen LogP contribution < -0.4 is 11.1 Å². The number of nitrogens with one attached hydrogen (secondary N) is 1. The minimum Gasteiger partial charge on any atom is -0.369 e. The van der Waals surface area contributed by atoms with Gasteiger partial charge in [-0.25, -0.2) is 0 Å². The van der Waals surface area contributed by atoms with E-state index in [1.807, 2.05) is 18.2 Å². The van der Waals surface area contributed by atoms with E-state index in [0.717, 1.165) is 25.7 Å². The van der Waals surface area contributed by atoms with Crippen LogP contribution in [0.15, 0.2) is 30.3 Å². The fourth-order valence-corrected chi connectivity index (χ4v) is 3.85. The van der Waals surface area contributed by atoms with Crippen molar-refractivity contribution >= 4 is 11.8 Å². The molecule has 0 radical (unpaired) electrons. The lowest BCUT2D eigenvalue weighted by Crippen LogP contribution is -2.48. The SMILES string of the molecule is NC(=O)CN1[C@H](c2ccccc2)C[C@H]2NC(=O)CCCC[C@@H]21. The second kappa shape index (κ2) is 6.48. The predicted molar refractivity (Wildman–Crippen MR) is 83.9 cm³/mol. The predicted octanol–water partition coefficient (Wildman–Crippen LogP) is 1.35. The molecular weight excluding hydrogens is 278 g/mol. The van der Waals surface area contributed by atoms with Crippen LogP contribution in [0.25, 0.3) is 0 Å². The van der Waals surface area contributed by atoms with Gasteiger partial charge in [0.05, 0.1) is 6.54 Å². The summed E-state index contributed by atoms with van der Waals surface area (Å²) < 4.78 is 0. The third-order valence-corrected chi connectivity index (χ3v) is 4.79. The zero-order chi connectivity index (χ0) is 15.5. The highest BCUT2D eigenvalue weighted by Gasteiger charge is 2.42. The normalized spacial score (nSPS) is 29.3. The lowest BCUT2D eigenvalue weighted by Gasteiger charge is -2.31. The molecule has 2 heterocycles. The van der Waals surface area contributed by atoms with E-state index in [2.05, 4.69) is 22.3 Å². The smallest absolute Gasteiger partial charge is 0.231 e. The summed E-state index contributed by atoms with van der Waals surface area (Å²) in [4.78, 5) is 25.6. The van der Waals surface area contributed by atoms with Gasteiger partial charge in [-0.3, -0.25) is 14.5 Å². The van der Waals surface area contributed by atoms with E-state index >= 15 is 0 Å². The number of rotatable bonds is 3.